The van der Waals surface area contributed by atoms with Crippen LogP contribution >= 0.6 is 0 Å². The first kappa shape index (κ1) is 10.4. The van der Waals surface area contributed by atoms with Crippen molar-refractivity contribution in [3.8, 4) is 0 Å². The fourth-order valence-corrected chi connectivity index (χ4v) is 0.925. The highest BCUT2D eigenvalue weighted by molar-refractivity contribution is 7.88. The van der Waals surface area contributed by atoms with Gasteiger partial charge in [-0.25, -0.2) is 13.1 Å². The predicted octanol–water partition coefficient (Wildman–Crippen LogP) is -1.09. The topological polar surface area (TPSA) is 84.5 Å². The first-order valence-corrected chi connectivity index (χ1v) is 5.02. The Morgan fingerprint density at radius 3 is 2.55 bits per heavy atom. The van der Waals surface area contributed by atoms with Crippen LogP contribution in [0.5, 0.6) is 0 Å². The highest BCUT2D eigenvalue weighted by Crippen LogP contribution is 1.74. The van der Waals surface area contributed by atoms with Gasteiger partial charge in [0.25, 0.3) is 0 Å². The van der Waals surface area contributed by atoms with Crippen molar-refractivity contribution >= 4 is 15.9 Å². The van der Waals surface area contributed by atoms with Gasteiger partial charge in [0.1, 0.15) is 0 Å². The minimum absolute atomic E-state index is 0.299. The molecule has 0 bridgehead atoms. The first-order valence-electron chi connectivity index (χ1n) is 3.13. The number of aliphatic imine (C=N–C) groups is 1. The number of sulfonamides is 1. The van der Waals surface area contributed by atoms with Gasteiger partial charge >= 0.3 is 0 Å². The lowest BCUT2D eigenvalue weighted by Gasteiger charge is -1.97. The molecule has 0 rings (SSSR count). The van der Waals surface area contributed by atoms with Gasteiger partial charge in [-0.3, -0.25) is 4.99 Å². The van der Waals surface area contributed by atoms with Crippen molar-refractivity contribution in [1.82, 2.24) is 4.72 Å². The zero-order valence-electron chi connectivity index (χ0n) is 6.66. The fraction of sp³-hybridized carbons (Fsp3) is 0.800. The van der Waals surface area contributed by atoms with Crippen LogP contribution in [0.25, 0.3) is 0 Å². The van der Waals surface area contributed by atoms with Gasteiger partial charge in [-0.05, 0) is 6.92 Å². The molecule has 0 saturated heterocycles. The van der Waals surface area contributed by atoms with Crippen molar-refractivity contribution < 1.29 is 8.42 Å². The minimum Gasteiger partial charge on any atom is -0.388 e. The summed E-state index contributed by atoms with van der Waals surface area (Å²) < 4.78 is 23.3. The summed E-state index contributed by atoms with van der Waals surface area (Å²) in [6, 6.07) is 0. The molecule has 0 amide bonds. The number of hydrogen-bond donors (Lipinski definition) is 2. The van der Waals surface area contributed by atoms with Gasteiger partial charge in [0.15, 0.2) is 0 Å². The van der Waals surface area contributed by atoms with Crippen LogP contribution in [0.15, 0.2) is 4.99 Å². The fourth-order valence-electron chi connectivity index (χ4n) is 0.463. The SMILES string of the molecule is CC(N)=NCCNS(C)(=O)=O. The average molecular weight is 179 g/mol. The number of nitrogens with one attached hydrogen (secondary N) is 1. The lowest BCUT2D eigenvalue weighted by Crippen LogP contribution is -2.25. The molecule has 0 spiro atoms. The van der Waals surface area contributed by atoms with Gasteiger partial charge in [0.05, 0.1) is 18.6 Å². The molecule has 0 atom stereocenters. The Balaban J connectivity index is 3.53. The largest absolute Gasteiger partial charge is 0.388 e. The first-order chi connectivity index (χ1) is 4.92. The maximum Gasteiger partial charge on any atom is 0.208 e. The van der Waals surface area contributed by atoms with Crippen molar-refractivity contribution in [3.63, 3.8) is 0 Å². The molecular weight excluding hydrogens is 166 g/mol. The third-order valence-electron chi connectivity index (χ3n) is 0.837. The smallest absolute Gasteiger partial charge is 0.208 e. The van der Waals surface area contributed by atoms with E-state index < -0.39 is 10.0 Å². The van der Waals surface area contributed by atoms with Crippen LogP contribution < -0.4 is 10.5 Å². The van der Waals surface area contributed by atoms with E-state index >= 15 is 0 Å². The maximum absolute atomic E-state index is 10.5. The Morgan fingerprint density at radius 2 is 2.18 bits per heavy atom. The van der Waals surface area contributed by atoms with Crippen LogP contribution in [0.1, 0.15) is 6.92 Å². The molecule has 0 radical (unpaired) electrons. The second-order valence-electron chi connectivity index (χ2n) is 2.19. The second kappa shape index (κ2) is 4.30. The summed E-state index contributed by atoms with van der Waals surface area (Å²) in [5, 5.41) is 0. The summed E-state index contributed by atoms with van der Waals surface area (Å²) in [5.74, 6) is 0.459. The van der Waals surface area contributed by atoms with E-state index in [0.29, 0.717) is 18.9 Å². The van der Waals surface area contributed by atoms with Gasteiger partial charge in [-0.2, -0.15) is 0 Å². The van der Waals surface area contributed by atoms with Gasteiger partial charge in [-0.1, -0.05) is 0 Å². The summed E-state index contributed by atoms with van der Waals surface area (Å²) in [7, 11) is -3.08. The predicted molar refractivity (Wildman–Crippen MR) is 45.0 cm³/mol. The van der Waals surface area contributed by atoms with Crippen molar-refractivity contribution in [2.24, 2.45) is 10.7 Å². The van der Waals surface area contributed by atoms with Crippen LogP contribution in [-0.2, 0) is 10.0 Å². The molecule has 3 N–H and O–H groups in total. The van der Waals surface area contributed by atoms with Crippen LogP contribution in [0, 0.1) is 0 Å². The molecule has 66 valence electrons. The number of nitrogens with zero attached hydrogens (tertiary/aromatic N) is 1. The van der Waals surface area contributed by atoms with E-state index in [1.54, 1.807) is 6.92 Å². The quantitative estimate of drug-likeness (QED) is 0.327. The lowest BCUT2D eigenvalue weighted by molar-refractivity contribution is 0.588. The van der Waals surface area contributed by atoms with Crippen LogP contribution in [0.3, 0.4) is 0 Å². The molecule has 0 aliphatic heterocycles. The summed E-state index contributed by atoms with van der Waals surface area (Å²) in [6.45, 7) is 2.34. The van der Waals surface area contributed by atoms with Crippen LogP contribution in [-0.4, -0.2) is 33.6 Å². The second-order valence-corrected chi connectivity index (χ2v) is 4.02. The molecule has 11 heavy (non-hydrogen) atoms. The standard InChI is InChI=1S/C5H13N3O2S/c1-5(6)7-3-4-8-11(2,9)10/h8H,3-4H2,1-2H3,(H2,6,7). The highest BCUT2D eigenvalue weighted by atomic mass is 32.2. The Labute approximate surface area is 66.7 Å². The highest BCUT2D eigenvalue weighted by Gasteiger charge is 1.96. The number of rotatable bonds is 4. The van der Waals surface area contributed by atoms with Crippen molar-refractivity contribution in [3.05, 3.63) is 0 Å². The zero-order valence-corrected chi connectivity index (χ0v) is 7.48. The average Bonchev–Trinajstić information content (AvgIpc) is 1.78. The molecule has 0 aromatic rings. The van der Waals surface area contributed by atoms with E-state index in [9.17, 15) is 8.42 Å². The number of amidine groups is 1. The lowest BCUT2D eigenvalue weighted by atomic mass is 10.6. The van der Waals surface area contributed by atoms with Crippen LogP contribution in [0.2, 0.25) is 0 Å². The molecule has 0 aromatic carbocycles. The van der Waals surface area contributed by atoms with Gasteiger partial charge in [-0.15, -0.1) is 0 Å². The monoisotopic (exact) mass is 179 g/mol. The summed E-state index contributed by atoms with van der Waals surface area (Å²) in [5.41, 5.74) is 5.22. The third-order valence-corrected chi connectivity index (χ3v) is 1.57. The molecule has 0 saturated carbocycles. The molecule has 0 aliphatic carbocycles. The molecule has 0 aliphatic rings. The van der Waals surface area contributed by atoms with Gasteiger partial charge < -0.3 is 5.73 Å². The Morgan fingerprint density at radius 1 is 1.64 bits per heavy atom. The van der Waals surface area contributed by atoms with E-state index in [1.165, 1.54) is 0 Å². The van der Waals surface area contributed by atoms with E-state index in [1.807, 2.05) is 0 Å². The molecule has 6 heteroatoms. The maximum atomic E-state index is 10.5. The summed E-state index contributed by atoms with van der Waals surface area (Å²) in [4.78, 5) is 3.80. The molecular formula is C5H13N3O2S. The van der Waals surface area contributed by atoms with Crippen molar-refractivity contribution in [2.75, 3.05) is 19.3 Å². The Kier molecular flexibility index (Phi) is 4.06. The van der Waals surface area contributed by atoms with E-state index in [-0.39, 0.29) is 0 Å². The van der Waals surface area contributed by atoms with E-state index in [0.717, 1.165) is 6.26 Å². The Hall–Kier alpha value is -0.620. The minimum atomic E-state index is -3.08. The molecule has 0 fully saturated rings. The molecule has 0 unspecified atom stereocenters. The van der Waals surface area contributed by atoms with Crippen LogP contribution in [0.4, 0.5) is 0 Å². The van der Waals surface area contributed by atoms with E-state index in [4.69, 9.17) is 5.73 Å². The van der Waals surface area contributed by atoms with Gasteiger partial charge in [0.2, 0.25) is 10.0 Å². The van der Waals surface area contributed by atoms with Gasteiger partial charge in [0, 0.05) is 6.54 Å². The molecule has 5 nitrogen and oxygen atoms in total. The zero-order chi connectivity index (χ0) is 8.91. The molecule has 0 aromatic heterocycles. The summed E-state index contributed by atoms with van der Waals surface area (Å²) in [6.07, 6.45) is 1.10. The van der Waals surface area contributed by atoms with Crippen molar-refractivity contribution in [1.29, 1.82) is 0 Å². The molecule has 0 heterocycles. The third kappa shape index (κ3) is 9.38. The normalized spacial score (nSPS) is 13.5. The number of hydrogen-bond acceptors (Lipinski definition) is 3. The van der Waals surface area contributed by atoms with Crippen molar-refractivity contribution in [2.45, 2.75) is 6.92 Å². The van der Waals surface area contributed by atoms with E-state index in [2.05, 4.69) is 9.71 Å². The number of nitrogens with two attached hydrogens (primary N) is 1. The Bertz CT molecular complexity index is 228. The summed E-state index contributed by atoms with van der Waals surface area (Å²) >= 11 is 0.